The van der Waals surface area contributed by atoms with E-state index in [9.17, 15) is 4.79 Å². The summed E-state index contributed by atoms with van der Waals surface area (Å²) in [7, 11) is 0. The van der Waals surface area contributed by atoms with Crippen LogP contribution in [0.15, 0.2) is 12.7 Å². The number of carbonyl (C=O) groups is 1. The maximum Gasteiger partial charge on any atom is 0.221 e. The van der Waals surface area contributed by atoms with Gasteiger partial charge in [0.2, 0.25) is 5.12 Å². The molecule has 0 aromatic carbocycles. The molecule has 1 aliphatic rings. The van der Waals surface area contributed by atoms with E-state index in [1.165, 1.54) is 11.8 Å². The molecule has 1 saturated heterocycles. The van der Waals surface area contributed by atoms with E-state index in [1.54, 1.807) is 6.08 Å². The van der Waals surface area contributed by atoms with Crippen LogP contribution in [0.25, 0.3) is 0 Å². The molecule has 0 N–H and O–H groups in total. The first-order chi connectivity index (χ1) is 6.42. The summed E-state index contributed by atoms with van der Waals surface area (Å²) < 4.78 is -0.0767. The van der Waals surface area contributed by atoms with E-state index in [4.69, 9.17) is 9.78 Å². The molecule has 0 amide bonds. The van der Waals surface area contributed by atoms with Crippen molar-refractivity contribution in [3.8, 4) is 0 Å². The lowest BCUT2D eigenvalue weighted by Gasteiger charge is -2.17. The van der Waals surface area contributed by atoms with E-state index in [2.05, 4.69) is 6.58 Å². The number of rotatable bonds is 2. The first-order valence-electron chi connectivity index (χ1n) is 4.60. The van der Waals surface area contributed by atoms with Crippen molar-refractivity contribution in [1.82, 2.24) is 0 Å². The Morgan fingerprint density at radius 1 is 1.50 bits per heavy atom. The predicted octanol–water partition coefficient (Wildman–Crippen LogP) is 2.32. The van der Waals surface area contributed by atoms with Crippen LogP contribution in [0, 0.1) is 0 Å². The Balaban J connectivity index is 2.43. The van der Waals surface area contributed by atoms with E-state index in [0.717, 1.165) is 0 Å². The zero-order valence-corrected chi connectivity index (χ0v) is 9.60. The standard InChI is InChI=1S/C10H16O3S/c1-5-7-6-8(13-12-7)9(11)14-10(2,3)4/h5,7-8H,1,6H2,2-4H3/t7-,8-/m1/s1. The minimum Gasteiger partial charge on any atom is -0.284 e. The quantitative estimate of drug-likeness (QED) is 0.524. The molecule has 1 aliphatic heterocycles. The summed E-state index contributed by atoms with van der Waals surface area (Å²) >= 11 is 1.29. The summed E-state index contributed by atoms with van der Waals surface area (Å²) in [4.78, 5) is 21.5. The highest BCUT2D eigenvalue weighted by Gasteiger charge is 2.33. The molecule has 0 aromatic rings. The minimum absolute atomic E-state index is 0.0295. The summed E-state index contributed by atoms with van der Waals surface area (Å²) in [5.41, 5.74) is 0. The Hall–Kier alpha value is -0.320. The molecule has 14 heavy (non-hydrogen) atoms. The maximum absolute atomic E-state index is 11.6. The van der Waals surface area contributed by atoms with E-state index in [1.807, 2.05) is 20.8 Å². The van der Waals surface area contributed by atoms with Crippen LogP contribution in [-0.2, 0) is 14.6 Å². The Kier molecular flexibility index (Phi) is 3.75. The van der Waals surface area contributed by atoms with E-state index in [-0.39, 0.29) is 16.0 Å². The molecule has 3 nitrogen and oxygen atoms in total. The lowest BCUT2D eigenvalue weighted by molar-refractivity contribution is -0.281. The molecule has 1 rings (SSSR count). The van der Waals surface area contributed by atoms with Crippen LogP contribution in [0.4, 0.5) is 0 Å². The van der Waals surface area contributed by atoms with Gasteiger partial charge in [0.15, 0.2) is 6.10 Å². The highest BCUT2D eigenvalue weighted by molar-refractivity contribution is 8.14. The van der Waals surface area contributed by atoms with Gasteiger partial charge in [0.25, 0.3) is 0 Å². The highest BCUT2D eigenvalue weighted by Crippen LogP contribution is 2.29. The fourth-order valence-electron chi connectivity index (χ4n) is 1.07. The molecule has 0 unspecified atom stereocenters. The molecule has 0 saturated carbocycles. The Morgan fingerprint density at radius 2 is 2.14 bits per heavy atom. The van der Waals surface area contributed by atoms with Gasteiger partial charge in [-0.1, -0.05) is 38.6 Å². The monoisotopic (exact) mass is 216 g/mol. The molecule has 1 fully saturated rings. The molecular weight excluding hydrogens is 200 g/mol. The van der Waals surface area contributed by atoms with Crippen LogP contribution in [-0.4, -0.2) is 22.1 Å². The smallest absolute Gasteiger partial charge is 0.221 e. The van der Waals surface area contributed by atoms with Crippen LogP contribution >= 0.6 is 11.8 Å². The Morgan fingerprint density at radius 3 is 2.57 bits per heavy atom. The van der Waals surface area contributed by atoms with Gasteiger partial charge in [-0.2, -0.15) is 0 Å². The Bertz CT molecular complexity index is 232. The molecule has 0 aromatic heterocycles. The first kappa shape index (κ1) is 11.8. The topological polar surface area (TPSA) is 35.5 Å². The van der Waals surface area contributed by atoms with E-state index < -0.39 is 6.10 Å². The molecule has 0 spiro atoms. The molecule has 4 heteroatoms. The zero-order valence-electron chi connectivity index (χ0n) is 8.78. The fraction of sp³-hybridized carbons (Fsp3) is 0.700. The third-order valence-electron chi connectivity index (χ3n) is 1.67. The third-order valence-corrected chi connectivity index (χ3v) is 2.75. The van der Waals surface area contributed by atoms with Crippen molar-refractivity contribution in [2.45, 2.75) is 44.1 Å². The van der Waals surface area contributed by atoms with Gasteiger partial charge in [-0.25, -0.2) is 9.78 Å². The molecular formula is C10H16O3S. The average molecular weight is 216 g/mol. The van der Waals surface area contributed by atoms with Gasteiger partial charge in [0.05, 0.1) is 0 Å². The van der Waals surface area contributed by atoms with Gasteiger partial charge in [0, 0.05) is 11.2 Å². The van der Waals surface area contributed by atoms with E-state index in [0.29, 0.717) is 6.42 Å². The highest BCUT2D eigenvalue weighted by atomic mass is 32.2. The van der Waals surface area contributed by atoms with Crippen molar-refractivity contribution in [2.75, 3.05) is 0 Å². The summed E-state index contributed by atoms with van der Waals surface area (Å²) in [5.74, 6) is 0. The number of hydrogen-bond acceptors (Lipinski definition) is 4. The second-order valence-electron chi connectivity index (χ2n) is 4.22. The van der Waals surface area contributed by atoms with Gasteiger partial charge >= 0.3 is 0 Å². The van der Waals surface area contributed by atoms with Gasteiger partial charge in [-0.15, -0.1) is 6.58 Å². The SMILES string of the molecule is C=C[C@@H]1C[C@H](C(=O)SC(C)(C)C)OO1. The fourth-order valence-corrected chi connectivity index (χ4v) is 1.94. The molecule has 0 radical (unpaired) electrons. The minimum atomic E-state index is -0.442. The lowest BCUT2D eigenvalue weighted by Crippen LogP contribution is -2.22. The van der Waals surface area contributed by atoms with E-state index >= 15 is 0 Å². The number of hydrogen-bond donors (Lipinski definition) is 0. The van der Waals surface area contributed by atoms with Crippen molar-refractivity contribution in [3.05, 3.63) is 12.7 Å². The zero-order chi connectivity index (χ0) is 10.8. The van der Waals surface area contributed by atoms with Gasteiger partial charge in [0.1, 0.15) is 6.10 Å². The van der Waals surface area contributed by atoms with Crippen LogP contribution in [0.3, 0.4) is 0 Å². The van der Waals surface area contributed by atoms with Crippen LogP contribution < -0.4 is 0 Å². The van der Waals surface area contributed by atoms with Crippen molar-refractivity contribution in [1.29, 1.82) is 0 Å². The molecule has 80 valence electrons. The van der Waals surface area contributed by atoms with Crippen LogP contribution in [0.5, 0.6) is 0 Å². The summed E-state index contributed by atoms with van der Waals surface area (Å²) in [6.45, 7) is 9.58. The van der Waals surface area contributed by atoms with Gasteiger partial charge in [-0.3, -0.25) is 4.79 Å². The van der Waals surface area contributed by atoms with Crippen molar-refractivity contribution in [2.24, 2.45) is 0 Å². The second-order valence-corrected chi connectivity index (χ2v) is 6.06. The molecule has 2 atom stereocenters. The number of thioether (sulfide) groups is 1. The predicted molar refractivity (Wildman–Crippen MR) is 56.9 cm³/mol. The molecule has 0 bridgehead atoms. The van der Waals surface area contributed by atoms with Crippen molar-refractivity contribution < 1.29 is 14.6 Å². The Labute approximate surface area is 88.8 Å². The maximum atomic E-state index is 11.6. The molecule has 1 heterocycles. The third kappa shape index (κ3) is 3.44. The number of carbonyl (C=O) groups excluding carboxylic acids is 1. The van der Waals surface area contributed by atoms with Crippen molar-refractivity contribution >= 4 is 16.9 Å². The summed E-state index contributed by atoms with van der Waals surface area (Å²) in [6.07, 6.45) is 1.63. The normalized spacial score (nSPS) is 27.6. The first-order valence-corrected chi connectivity index (χ1v) is 5.41. The van der Waals surface area contributed by atoms with Crippen molar-refractivity contribution in [3.63, 3.8) is 0 Å². The van der Waals surface area contributed by atoms with Gasteiger partial charge < -0.3 is 0 Å². The molecule has 0 aliphatic carbocycles. The summed E-state index contributed by atoms with van der Waals surface area (Å²) in [6, 6.07) is 0. The van der Waals surface area contributed by atoms with Crippen LogP contribution in [0.1, 0.15) is 27.2 Å². The van der Waals surface area contributed by atoms with Gasteiger partial charge in [-0.05, 0) is 0 Å². The second kappa shape index (κ2) is 4.47. The van der Waals surface area contributed by atoms with Crippen LogP contribution in [0.2, 0.25) is 0 Å². The lowest BCUT2D eigenvalue weighted by atomic mass is 10.2. The summed E-state index contributed by atoms with van der Waals surface area (Å²) in [5, 5.41) is 0.0295. The average Bonchev–Trinajstić information content (AvgIpc) is 2.48. The largest absolute Gasteiger partial charge is 0.284 e.